The Balaban J connectivity index is 1.57. The van der Waals surface area contributed by atoms with Gasteiger partial charge < -0.3 is 4.90 Å². The topological polar surface area (TPSA) is 72.0 Å². The van der Waals surface area contributed by atoms with Crippen LogP contribution in [-0.4, -0.2) is 24.1 Å². The number of anilines is 2. The predicted molar refractivity (Wildman–Crippen MR) is 112 cm³/mol. The van der Waals surface area contributed by atoms with E-state index in [2.05, 4.69) is 9.87 Å². The van der Waals surface area contributed by atoms with E-state index in [0.29, 0.717) is 18.7 Å². The average molecular weight is 403 g/mol. The Morgan fingerprint density at radius 2 is 1.83 bits per heavy atom. The minimum atomic E-state index is -0.642. The third-order valence-electron chi connectivity index (χ3n) is 5.00. The van der Waals surface area contributed by atoms with Crippen molar-refractivity contribution in [3.8, 4) is 0 Å². The molecule has 1 aromatic heterocycles. The van der Waals surface area contributed by atoms with E-state index in [0.717, 1.165) is 22.4 Å². The van der Waals surface area contributed by atoms with Gasteiger partial charge in [-0.1, -0.05) is 30.3 Å². The molecule has 7 nitrogen and oxygen atoms in total. The summed E-state index contributed by atoms with van der Waals surface area (Å²) in [7, 11) is 1.28. The second kappa shape index (κ2) is 8.75. The van der Waals surface area contributed by atoms with Crippen molar-refractivity contribution in [2.24, 2.45) is 0 Å². The van der Waals surface area contributed by atoms with E-state index in [4.69, 9.17) is 4.89 Å². The molecular formula is C23H21N3O4. The van der Waals surface area contributed by atoms with Gasteiger partial charge in [0.25, 0.3) is 0 Å². The minimum absolute atomic E-state index is 0.0486. The van der Waals surface area contributed by atoms with E-state index in [-0.39, 0.29) is 12.5 Å². The van der Waals surface area contributed by atoms with Crippen LogP contribution in [0.4, 0.5) is 16.2 Å². The Morgan fingerprint density at radius 1 is 1.07 bits per heavy atom. The first-order valence-corrected chi connectivity index (χ1v) is 9.54. The predicted octanol–water partition coefficient (Wildman–Crippen LogP) is 3.88. The van der Waals surface area contributed by atoms with Crippen LogP contribution in [0, 0.1) is 0 Å². The highest BCUT2D eigenvalue weighted by atomic mass is 17.2. The summed E-state index contributed by atoms with van der Waals surface area (Å²) in [5, 5.41) is 0. The molecule has 0 radical (unpaired) electrons. The Kier molecular flexibility index (Phi) is 5.72. The summed E-state index contributed by atoms with van der Waals surface area (Å²) in [6.07, 6.45) is 3.09. The van der Waals surface area contributed by atoms with E-state index in [9.17, 15) is 9.59 Å². The molecule has 4 rings (SSSR count). The molecule has 0 fully saturated rings. The van der Waals surface area contributed by atoms with Gasteiger partial charge in [0.2, 0.25) is 5.91 Å². The molecule has 0 aliphatic carbocycles. The Labute approximate surface area is 174 Å². The maximum Gasteiger partial charge on any atom is 0.445 e. The van der Waals surface area contributed by atoms with Crippen LogP contribution in [0.3, 0.4) is 0 Å². The van der Waals surface area contributed by atoms with Crippen LogP contribution in [0.5, 0.6) is 0 Å². The summed E-state index contributed by atoms with van der Waals surface area (Å²) in [4.78, 5) is 41.6. The minimum Gasteiger partial charge on any atom is -0.308 e. The van der Waals surface area contributed by atoms with Gasteiger partial charge in [-0.2, -0.15) is 4.89 Å². The molecule has 0 N–H and O–H groups in total. The number of nitrogens with zero attached hydrogens (tertiary/aromatic N) is 3. The molecule has 0 atom stereocenters. The standard InChI is InChI=1S/C23H21N3O4/c1-29-30-23(28)26(15-17-5-4-12-24-14-17)21-10-8-20(9-11-21)25-16-19-7-3-2-6-18(19)13-22(25)27/h2-12,14H,13,15-16H2,1H3. The second-order valence-corrected chi connectivity index (χ2v) is 6.91. The van der Waals surface area contributed by atoms with Crippen molar-refractivity contribution >= 4 is 23.4 Å². The highest BCUT2D eigenvalue weighted by Crippen LogP contribution is 2.28. The van der Waals surface area contributed by atoms with Gasteiger partial charge in [-0.05, 0) is 47.0 Å². The van der Waals surface area contributed by atoms with Gasteiger partial charge in [0.15, 0.2) is 0 Å². The summed E-state index contributed by atoms with van der Waals surface area (Å²) < 4.78 is 0. The Hall–Kier alpha value is -3.71. The van der Waals surface area contributed by atoms with Crippen molar-refractivity contribution in [3.05, 3.63) is 89.7 Å². The van der Waals surface area contributed by atoms with Crippen LogP contribution in [-0.2, 0) is 34.1 Å². The molecule has 30 heavy (non-hydrogen) atoms. The fourth-order valence-corrected chi connectivity index (χ4v) is 3.50. The lowest BCUT2D eigenvalue weighted by Gasteiger charge is -2.29. The maximum absolute atomic E-state index is 12.6. The fraction of sp³-hybridized carbons (Fsp3) is 0.174. The van der Waals surface area contributed by atoms with E-state index in [1.807, 2.05) is 42.5 Å². The Bertz CT molecular complexity index is 1040. The molecule has 7 heteroatoms. The van der Waals surface area contributed by atoms with Crippen LogP contribution >= 0.6 is 0 Å². The van der Waals surface area contributed by atoms with E-state index < -0.39 is 6.09 Å². The summed E-state index contributed by atoms with van der Waals surface area (Å²) in [5.41, 5.74) is 4.45. The van der Waals surface area contributed by atoms with Gasteiger partial charge in [-0.15, -0.1) is 0 Å². The first kappa shape index (κ1) is 19.6. The number of aromatic nitrogens is 1. The number of hydrogen-bond donors (Lipinski definition) is 0. The molecule has 1 aliphatic heterocycles. The number of rotatable bonds is 5. The number of amides is 2. The molecule has 3 aromatic rings. The smallest absolute Gasteiger partial charge is 0.308 e. The van der Waals surface area contributed by atoms with Crippen molar-refractivity contribution in [2.75, 3.05) is 16.9 Å². The third kappa shape index (κ3) is 4.16. The van der Waals surface area contributed by atoms with E-state index in [1.54, 1.807) is 35.5 Å². The highest BCUT2D eigenvalue weighted by Gasteiger charge is 2.25. The van der Waals surface area contributed by atoms with Gasteiger partial charge in [0, 0.05) is 23.8 Å². The molecule has 0 spiro atoms. The van der Waals surface area contributed by atoms with Gasteiger partial charge in [0.1, 0.15) is 0 Å². The zero-order valence-corrected chi connectivity index (χ0v) is 16.5. The van der Waals surface area contributed by atoms with Gasteiger partial charge in [-0.25, -0.2) is 4.79 Å². The first-order valence-electron chi connectivity index (χ1n) is 9.54. The van der Waals surface area contributed by atoms with Crippen LogP contribution in [0.2, 0.25) is 0 Å². The number of benzene rings is 2. The summed E-state index contributed by atoms with van der Waals surface area (Å²) in [5.74, 6) is 0.0486. The zero-order valence-electron chi connectivity index (χ0n) is 16.5. The molecule has 0 unspecified atom stereocenters. The van der Waals surface area contributed by atoms with E-state index >= 15 is 0 Å². The van der Waals surface area contributed by atoms with Crippen LogP contribution in [0.1, 0.15) is 16.7 Å². The molecule has 2 aromatic carbocycles. The number of carbonyl (C=O) groups is 2. The second-order valence-electron chi connectivity index (χ2n) is 6.91. The number of hydrogen-bond acceptors (Lipinski definition) is 5. The van der Waals surface area contributed by atoms with Crippen molar-refractivity contribution in [3.63, 3.8) is 0 Å². The zero-order chi connectivity index (χ0) is 20.9. The molecule has 0 saturated heterocycles. The van der Waals surface area contributed by atoms with Crippen LogP contribution in [0.15, 0.2) is 73.1 Å². The fourth-order valence-electron chi connectivity index (χ4n) is 3.50. The van der Waals surface area contributed by atoms with E-state index in [1.165, 1.54) is 12.0 Å². The number of pyridine rings is 1. The molecule has 0 saturated carbocycles. The third-order valence-corrected chi connectivity index (χ3v) is 5.00. The molecule has 0 bridgehead atoms. The first-order chi connectivity index (χ1) is 14.7. The monoisotopic (exact) mass is 403 g/mol. The van der Waals surface area contributed by atoms with Crippen LogP contribution in [0.25, 0.3) is 0 Å². The Morgan fingerprint density at radius 3 is 2.53 bits per heavy atom. The van der Waals surface area contributed by atoms with Crippen molar-refractivity contribution < 1.29 is 19.4 Å². The maximum atomic E-state index is 12.6. The van der Waals surface area contributed by atoms with Crippen molar-refractivity contribution in [2.45, 2.75) is 19.5 Å². The molecule has 152 valence electrons. The number of fused-ring (bicyclic) bond motifs is 1. The SMILES string of the molecule is COOC(=O)N(Cc1cccnc1)c1ccc(N2Cc3ccccc3CC2=O)cc1. The number of carbonyl (C=O) groups excluding carboxylic acids is 2. The lowest BCUT2D eigenvalue weighted by Crippen LogP contribution is -2.36. The van der Waals surface area contributed by atoms with Crippen LogP contribution < -0.4 is 9.80 Å². The normalized spacial score (nSPS) is 13.0. The van der Waals surface area contributed by atoms with Gasteiger partial charge >= 0.3 is 6.09 Å². The average Bonchev–Trinajstić information content (AvgIpc) is 2.78. The lowest BCUT2D eigenvalue weighted by molar-refractivity contribution is -0.210. The molecule has 2 amide bonds. The quantitative estimate of drug-likeness (QED) is 0.478. The van der Waals surface area contributed by atoms with Crippen molar-refractivity contribution in [1.29, 1.82) is 0 Å². The highest BCUT2D eigenvalue weighted by molar-refractivity contribution is 5.97. The molecular weight excluding hydrogens is 382 g/mol. The molecule has 2 heterocycles. The van der Waals surface area contributed by atoms with Gasteiger partial charge in [0.05, 0.1) is 26.6 Å². The van der Waals surface area contributed by atoms with Crippen molar-refractivity contribution in [1.82, 2.24) is 4.98 Å². The van der Waals surface area contributed by atoms with Gasteiger partial charge in [-0.3, -0.25) is 19.6 Å². The lowest BCUT2D eigenvalue weighted by atomic mass is 9.99. The largest absolute Gasteiger partial charge is 0.445 e. The summed E-state index contributed by atoms with van der Waals surface area (Å²) in [6.45, 7) is 0.796. The summed E-state index contributed by atoms with van der Waals surface area (Å²) in [6, 6.07) is 18.9. The summed E-state index contributed by atoms with van der Waals surface area (Å²) >= 11 is 0. The molecule has 1 aliphatic rings.